The number of phenols is 2. The first-order valence-corrected chi connectivity index (χ1v) is 14.3. The quantitative estimate of drug-likeness (QED) is 0.419. The molecular weight excluding hydrogens is 476 g/mol. The lowest BCUT2D eigenvalue weighted by Gasteiger charge is -2.61. The fraction of sp³-hybridized carbons (Fsp3) is 0.625. The van der Waals surface area contributed by atoms with Crippen molar-refractivity contribution in [1.82, 2.24) is 0 Å². The van der Waals surface area contributed by atoms with E-state index < -0.39 is 24.0 Å². The van der Waals surface area contributed by atoms with Crippen molar-refractivity contribution in [2.45, 2.75) is 79.4 Å². The molecule has 0 radical (unpaired) electrons. The average Bonchev–Trinajstić information content (AvgIpc) is 2.79. The molecule has 212 valence electrons. The van der Waals surface area contributed by atoms with Crippen LogP contribution in [0.1, 0.15) is 78.4 Å². The van der Waals surface area contributed by atoms with Gasteiger partial charge in [0.25, 0.3) is 0 Å². The van der Waals surface area contributed by atoms with E-state index in [0.29, 0.717) is 34.8 Å². The highest BCUT2D eigenvalue weighted by Crippen LogP contribution is 2.50. The van der Waals surface area contributed by atoms with E-state index in [4.69, 9.17) is 0 Å². The molecule has 0 bridgehead atoms. The number of hydrogen-bond acceptors (Lipinski definition) is 6. The summed E-state index contributed by atoms with van der Waals surface area (Å²) in [6.07, 6.45) is -2.45. The highest BCUT2D eigenvalue weighted by Gasteiger charge is 2.40. The number of nitrogens with zero attached hydrogens (tertiary/aromatic N) is 2. The van der Waals surface area contributed by atoms with E-state index in [9.17, 15) is 20.4 Å². The average molecular weight is 525 g/mol. The molecule has 0 saturated heterocycles. The van der Waals surface area contributed by atoms with Gasteiger partial charge in [-0.3, -0.25) is 0 Å². The minimum atomic E-state index is -1.23. The highest BCUT2D eigenvalue weighted by atomic mass is 16.3. The number of phenolic OH excluding ortho intramolecular Hbond substituents is 2. The van der Waals surface area contributed by atoms with Crippen LogP contribution in [0.2, 0.25) is 0 Å². The third kappa shape index (κ3) is 6.95. The summed E-state index contributed by atoms with van der Waals surface area (Å²) >= 11 is 0. The summed E-state index contributed by atoms with van der Waals surface area (Å²) in [7, 11) is 0. The van der Waals surface area contributed by atoms with E-state index in [1.54, 1.807) is 24.3 Å². The summed E-state index contributed by atoms with van der Waals surface area (Å²) in [6.45, 7) is 20.7. The van der Waals surface area contributed by atoms with Gasteiger partial charge in [-0.2, -0.15) is 0 Å². The Morgan fingerprint density at radius 1 is 0.579 bits per heavy atom. The lowest BCUT2D eigenvalue weighted by molar-refractivity contribution is -0.536. The maximum Gasteiger partial charge on any atom is 0.121 e. The molecule has 1 aliphatic rings. The lowest BCUT2D eigenvalue weighted by Crippen LogP contribution is -2.63. The monoisotopic (exact) mass is 524 g/mol. The van der Waals surface area contributed by atoms with Crippen molar-refractivity contribution in [2.24, 2.45) is 23.7 Å². The van der Waals surface area contributed by atoms with Crippen molar-refractivity contribution in [3.63, 3.8) is 0 Å². The molecule has 6 nitrogen and oxygen atoms in total. The number of aromatic hydroxyl groups is 2. The van der Waals surface area contributed by atoms with Crippen molar-refractivity contribution in [3.05, 3.63) is 47.5 Å². The van der Waals surface area contributed by atoms with E-state index in [-0.39, 0.29) is 11.5 Å². The van der Waals surface area contributed by atoms with Crippen molar-refractivity contribution < 1.29 is 20.4 Å². The van der Waals surface area contributed by atoms with Gasteiger partial charge in [0.05, 0.1) is 0 Å². The summed E-state index contributed by atoms with van der Waals surface area (Å²) < 4.78 is 0. The van der Waals surface area contributed by atoms with Crippen LogP contribution in [0.25, 0.3) is 0 Å². The van der Waals surface area contributed by atoms with Gasteiger partial charge in [0.1, 0.15) is 11.5 Å². The zero-order valence-corrected chi connectivity index (χ0v) is 24.5. The van der Waals surface area contributed by atoms with Crippen LogP contribution in [0.15, 0.2) is 36.4 Å². The van der Waals surface area contributed by atoms with Gasteiger partial charge in [-0.25, -0.2) is 0 Å². The number of rotatable bonds is 12. The number of hydrogen-bond donors (Lipinski definition) is 2. The first kappa shape index (κ1) is 30.1. The summed E-state index contributed by atoms with van der Waals surface area (Å²) in [5.74, 6) is 0.170. The predicted molar refractivity (Wildman–Crippen MR) is 153 cm³/mol. The Kier molecular flexibility index (Phi) is 9.99. The summed E-state index contributed by atoms with van der Waals surface area (Å²) in [5, 5.41) is 48.4. The number of benzene rings is 2. The first-order chi connectivity index (χ1) is 17.8. The van der Waals surface area contributed by atoms with Crippen molar-refractivity contribution in [2.75, 3.05) is 36.0 Å². The second-order valence-electron chi connectivity index (χ2n) is 12.9. The zero-order chi connectivity index (χ0) is 28.3. The fourth-order valence-electron chi connectivity index (χ4n) is 5.74. The Morgan fingerprint density at radius 3 is 1.11 bits per heavy atom. The maximum atomic E-state index is 13.3. The van der Waals surface area contributed by atoms with Crippen molar-refractivity contribution in [3.8, 4) is 11.5 Å². The van der Waals surface area contributed by atoms with E-state index in [0.717, 1.165) is 37.6 Å². The van der Waals surface area contributed by atoms with E-state index in [2.05, 4.69) is 65.2 Å². The van der Waals surface area contributed by atoms with Gasteiger partial charge in [0, 0.05) is 49.7 Å². The van der Waals surface area contributed by atoms with Crippen LogP contribution in [0.4, 0.5) is 11.4 Å². The van der Waals surface area contributed by atoms with Crippen LogP contribution < -0.4 is 20.0 Å². The van der Waals surface area contributed by atoms with Gasteiger partial charge in [0.15, 0.2) is 0 Å². The van der Waals surface area contributed by atoms with Crippen molar-refractivity contribution >= 4 is 11.4 Å². The Bertz CT molecular complexity index is 940. The molecule has 0 aliphatic heterocycles. The van der Waals surface area contributed by atoms with Gasteiger partial charge >= 0.3 is 0 Å². The molecule has 1 fully saturated rings. The molecule has 1 aliphatic carbocycles. The molecule has 0 heterocycles. The summed E-state index contributed by atoms with van der Waals surface area (Å²) in [5.41, 5.74) is 2.62. The van der Waals surface area contributed by atoms with E-state index in [1.807, 2.05) is 12.1 Å². The third-order valence-corrected chi connectivity index (χ3v) is 7.23. The Labute approximate surface area is 229 Å². The molecule has 3 rings (SSSR count). The van der Waals surface area contributed by atoms with E-state index in [1.165, 1.54) is 0 Å². The topological polar surface area (TPSA) is 93.1 Å². The summed E-state index contributed by atoms with van der Waals surface area (Å²) in [6, 6.07) is 10.7. The molecule has 2 N–H and O–H groups in total. The zero-order valence-electron chi connectivity index (χ0n) is 24.5. The smallest absolute Gasteiger partial charge is 0.121 e. The molecule has 0 atom stereocenters. The van der Waals surface area contributed by atoms with Crippen LogP contribution in [-0.2, 0) is 0 Å². The van der Waals surface area contributed by atoms with Crippen LogP contribution in [0.5, 0.6) is 11.5 Å². The predicted octanol–water partition coefficient (Wildman–Crippen LogP) is 4.67. The summed E-state index contributed by atoms with van der Waals surface area (Å²) in [4.78, 5) is 4.49. The molecule has 2 aromatic carbocycles. The molecule has 0 aromatic heterocycles. The Morgan fingerprint density at radius 2 is 0.868 bits per heavy atom. The van der Waals surface area contributed by atoms with Crippen LogP contribution in [-0.4, -0.2) is 48.6 Å². The van der Waals surface area contributed by atoms with Gasteiger partial charge in [-0.05, 0) is 58.8 Å². The van der Waals surface area contributed by atoms with Gasteiger partial charge in [-0.1, -0.05) is 67.5 Å². The molecule has 1 saturated carbocycles. The van der Waals surface area contributed by atoms with E-state index >= 15 is 0 Å². The molecular formula is C32H48N2O4-2. The first-order valence-electron chi connectivity index (χ1n) is 14.3. The van der Waals surface area contributed by atoms with Gasteiger partial charge in [-0.15, -0.1) is 12.2 Å². The van der Waals surface area contributed by atoms with Crippen LogP contribution >= 0.6 is 0 Å². The van der Waals surface area contributed by atoms with Crippen LogP contribution in [0, 0.1) is 23.7 Å². The third-order valence-electron chi connectivity index (χ3n) is 7.23. The maximum absolute atomic E-state index is 13.3. The molecule has 2 aromatic rings. The number of anilines is 2. The van der Waals surface area contributed by atoms with Gasteiger partial charge in [0.2, 0.25) is 0 Å². The molecule has 0 unspecified atom stereocenters. The van der Waals surface area contributed by atoms with Crippen LogP contribution in [0.3, 0.4) is 0 Å². The SMILES string of the molecule is CC(C)CN(CC(C)C)c1ccc(C2C([O-])C(c3ccc(N(CC(C)C)CC(C)C)cc3O)C2[O-])c(O)c1. The molecule has 6 heteroatoms. The minimum absolute atomic E-state index is 0.00254. The minimum Gasteiger partial charge on any atom is -0.851 e. The molecule has 0 spiro atoms. The second-order valence-corrected chi connectivity index (χ2v) is 12.9. The Hall–Kier alpha value is -2.44. The molecule has 38 heavy (non-hydrogen) atoms. The lowest BCUT2D eigenvalue weighted by atomic mass is 9.63. The van der Waals surface area contributed by atoms with Crippen molar-refractivity contribution in [1.29, 1.82) is 0 Å². The Balaban J connectivity index is 1.80. The standard InChI is InChI=1S/C32H48N2O4/c1-19(2)15-33(16-20(3)4)23-9-11-25(27(35)13-23)29-31(37)30(32(29)38)26-12-10-24(14-28(26)36)34(17-21(5)6)18-22(7)8/h9-14,19-22,29-32,35-36H,15-18H2,1-8H3/q-2. The largest absolute Gasteiger partial charge is 0.851 e. The highest BCUT2D eigenvalue weighted by molar-refractivity contribution is 5.58. The second kappa shape index (κ2) is 12.6. The van der Waals surface area contributed by atoms with Gasteiger partial charge < -0.3 is 30.2 Å². The fourth-order valence-corrected chi connectivity index (χ4v) is 5.74. The normalized spacial score (nSPS) is 21.4. The molecule has 0 amide bonds.